The van der Waals surface area contributed by atoms with Crippen LogP contribution in [0.5, 0.6) is 5.88 Å². The Morgan fingerprint density at radius 3 is 2.43 bits per heavy atom. The third-order valence-electron chi connectivity index (χ3n) is 7.03. The number of nitrogens with one attached hydrogen (secondary N) is 1. The van der Waals surface area contributed by atoms with E-state index in [4.69, 9.17) is 11.6 Å². The van der Waals surface area contributed by atoms with E-state index in [9.17, 15) is 35.9 Å². The number of likely N-dealkylation sites (tertiary alicyclic amines) is 1. The Kier molecular flexibility index (Phi) is 8.64. The van der Waals surface area contributed by atoms with Crippen molar-refractivity contribution in [3.63, 3.8) is 0 Å². The zero-order chi connectivity index (χ0) is 31.6. The van der Waals surface area contributed by atoms with E-state index >= 15 is 0 Å². The molecule has 3 heterocycles. The first-order chi connectivity index (χ1) is 20.8. The molecule has 2 amide bonds. The lowest BCUT2D eigenvalue weighted by molar-refractivity contribution is -0.154. The van der Waals surface area contributed by atoms with E-state index in [2.05, 4.69) is 25.0 Å². The van der Waals surface area contributed by atoms with Gasteiger partial charge in [0.1, 0.15) is 5.52 Å². The SMILES string of the molecule is O=C(N[C@@H]1CCN(C(=O)c2cc(Cl)c3nccnc3c2)C[C@@H]1c1ccccc1)c1cnc(OCC(F)(F)F)cc1C(F)(F)F. The molecule has 0 radical (unpaired) electrons. The Bertz CT molecular complexity index is 1690. The van der Waals surface area contributed by atoms with E-state index in [1.807, 2.05) is 0 Å². The van der Waals surface area contributed by atoms with E-state index in [0.29, 0.717) is 17.2 Å². The molecule has 5 rings (SSSR count). The smallest absolute Gasteiger partial charge is 0.422 e. The number of hydrogen-bond donors (Lipinski definition) is 1. The van der Waals surface area contributed by atoms with Crippen molar-refractivity contribution in [3.8, 4) is 5.88 Å². The number of amides is 2. The number of pyridine rings is 1. The van der Waals surface area contributed by atoms with Crippen LogP contribution in [-0.4, -0.2) is 63.6 Å². The van der Waals surface area contributed by atoms with Crippen molar-refractivity contribution in [2.24, 2.45) is 0 Å². The van der Waals surface area contributed by atoms with E-state index in [-0.39, 0.29) is 42.1 Å². The summed E-state index contributed by atoms with van der Waals surface area (Å²) in [6.07, 6.45) is -6.23. The highest BCUT2D eigenvalue weighted by atomic mass is 35.5. The van der Waals surface area contributed by atoms with Crippen LogP contribution in [0.1, 0.15) is 44.2 Å². The summed E-state index contributed by atoms with van der Waals surface area (Å²) in [7, 11) is 0. The molecule has 0 saturated carbocycles. The molecule has 0 bridgehead atoms. The molecular formula is C29H22ClF6N5O3. The number of piperidine rings is 1. The van der Waals surface area contributed by atoms with Crippen molar-refractivity contribution in [2.75, 3.05) is 19.7 Å². The van der Waals surface area contributed by atoms with Crippen LogP contribution in [0.3, 0.4) is 0 Å². The molecule has 1 aliphatic rings. The summed E-state index contributed by atoms with van der Waals surface area (Å²) in [5.41, 5.74) is -0.527. The average Bonchev–Trinajstić information content (AvgIpc) is 2.99. The van der Waals surface area contributed by atoms with Crippen LogP contribution in [-0.2, 0) is 6.18 Å². The minimum atomic E-state index is -5.09. The van der Waals surface area contributed by atoms with Crippen LogP contribution in [0.2, 0.25) is 5.02 Å². The highest BCUT2D eigenvalue weighted by Crippen LogP contribution is 2.35. The topological polar surface area (TPSA) is 97.3 Å². The first-order valence-corrected chi connectivity index (χ1v) is 13.5. The third-order valence-corrected chi connectivity index (χ3v) is 7.32. The third kappa shape index (κ3) is 7.01. The molecule has 230 valence electrons. The van der Waals surface area contributed by atoms with Gasteiger partial charge in [0, 0.05) is 55.3 Å². The molecule has 1 fully saturated rings. The number of aromatic nitrogens is 3. The summed E-state index contributed by atoms with van der Waals surface area (Å²) in [5.74, 6) is -2.94. The number of ether oxygens (including phenoxy) is 1. The Labute approximate surface area is 251 Å². The van der Waals surface area contributed by atoms with Crippen LogP contribution in [0, 0.1) is 0 Å². The number of fused-ring (bicyclic) bond motifs is 1. The number of nitrogens with zero attached hydrogens (tertiary/aromatic N) is 4. The Hall–Kier alpha value is -4.46. The van der Waals surface area contributed by atoms with Crippen molar-refractivity contribution in [1.82, 2.24) is 25.2 Å². The number of carbonyl (C=O) groups excluding carboxylic acids is 2. The largest absolute Gasteiger partial charge is 0.468 e. The lowest BCUT2D eigenvalue weighted by Crippen LogP contribution is -2.51. The molecule has 2 atom stereocenters. The van der Waals surface area contributed by atoms with Crippen molar-refractivity contribution in [1.29, 1.82) is 0 Å². The standard InChI is InChI=1S/C29H22ClF6N5O3/c30-21-10-17(11-23-25(21)38-8-7-37-23)27(43)41-9-6-22(19(14-41)16-4-2-1-3-5-16)40-26(42)18-13-39-24(44-15-28(31,32)33)12-20(18)29(34,35)36/h1-5,7-8,10-13,19,22H,6,9,14-15H2,(H,40,42)/t19-,22-/m1/s1. The maximum absolute atomic E-state index is 13.9. The van der Waals surface area contributed by atoms with Gasteiger partial charge in [-0.3, -0.25) is 19.6 Å². The molecule has 15 heteroatoms. The van der Waals surface area contributed by atoms with Gasteiger partial charge in [-0.25, -0.2) is 4.98 Å². The zero-order valence-electron chi connectivity index (χ0n) is 22.5. The van der Waals surface area contributed by atoms with Gasteiger partial charge in [-0.05, 0) is 24.1 Å². The summed E-state index contributed by atoms with van der Waals surface area (Å²) < 4.78 is 83.4. The normalized spacial score (nSPS) is 17.4. The summed E-state index contributed by atoms with van der Waals surface area (Å²) in [5, 5.41) is 2.87. The molecular weight excluding hydrogens is 616 g/mol. The number of benzene rings is 2. The van der Waals surface area contributed by atoms with Crippen LogP contribution < -0.4 is 10.1 Å². The van der Waals surface area contributed by atoms with Gasteiger partial charge < -0.3 is 15.0 Å². The monoisotopic (exact) mass is 637 g/mol. The fraction of sp³-hybridized carbons (Fsp3) is 0.276. The van der Waals surface area contributed by atoms with Crippen molar-refractivity contribution < 1.29 is 40.7 Å². The summed E-state index contributed by atoms with van der Waals surface area (Å²) in [6, 6.07) is 11.4. The van der Waals surface area contributed by atoms with Crippen LogP contribution in [0.4, 0.5) is 26.3 Å². The maximum atomic E-state index is 13.9. The first kappa shape index (κ1) is 31.0. The van der Waals surface area contributed by atoms with Gasteiger partial charge >= 0.3 is 12.4 Å². The van der Waals surface area contributed by atoms with E-state index in [1.165, 1.54) is 18.5 Å². The van der Waals surface area contributed by atoms with Gasteiger partial charge in [0.05, 0.1) is 21.7 Å². The van der Waals surface area contributed by atoms with Crippen LogP contribution >= 0.6 is 11.6 Å². The van der Waals surface area contributed by atoms with Crippen molar-refractivity contribution in [3.05, 3.63) is 94.4 Å². The number of halogens is 7. The molecule has 1 aliphatic heterocycles. The first-order valence-electron chi connectivity index (χ1n) is 13.1. The Morgan fingerprint density at radius 1 is 1.00 bits per heavy atom. The second kappa shape index (κ2) is 12.3. The van der Waals surface area contributed by atoms with E-state index in [1.54, 1.807) is 41.3 Å². The van der Waals surface area contributed by atoms with Gasteiger partial charge in [0.2, 0.25) is 5.88 Å². The van der Waals surface area contributed by atoms with Gasteiger partial charge in [-0.15, -0.1) is 0 Å². The second-order valence-electron chi connectivity index (χ2n) is 9.99. The van der Waals surface area contributed by atoms with Crippen molar-refractivity contribution >= 4 is 34.4 Å². The number of rotatable bonds is 6. The van der Waals surface area contributed by atoms with Gasteiger partial charge in [0.25, 0.3) is 11.8 Å². The Morgan fingerprint density at radius 2 is 1.73 bits per heavy atom. The predicted octanol–water partition coefficient (Wildman–Crippen LogP) is 6.07. The van der Waals surface area contributed by atoms with Crippen LogP contribution in [0.15, 0.2) is 67.1 Å². The molecule has 0 spiro atoms. The van der Waals surface area contributed by atoms with Gasteiger partial charge in [-0.1, -0.05) is 41.9 Å². The fourth-order valence-electron chi connectivity index (χ4n) is 5.02. The van der Waals surface area contributed by atoms with Gasteiger partial charge in [-0.2, -0.15) is 26.3 Å². The minimum absolute atomic E-state index is 0.110. The summed E-state index contributed by atoms with van der Waals surface area (Å²) in [4.78, 5) is 40.2. The molecule has 1 N–H and O–H groups in total. The lowest BCUT2D eigenvalue weighted by Gasteiger charge is -2.39. The quantitative estimate of drug-likeness (QED) is 0.258. The predicted molar refractivity (Wildman–Crippen MR) is 146 cm³/mol. The molecule has 1 saturated heterocycles. The van der Waals surface area contributed by atoms with Crippen molar-refractivity contribution in [2.45, 2.75) is 30.7 Å². The molecule has 2 aromatic carbocycles. The second-order valence-corrected chi connectivity index (χ2v) is 10.4. The van der Waals surface area contributed by atoms with Crippen LogP contribution in [0.25, 0.3) is 11.0 Å². The lowest BCUT2D eigenvalue weighted by atomic mass is 9.85. The highest BCUT2D eigenvalue weighted by Gasteiger charge is 2.39. The Balaban J connectivity index is 1.39. The molecule has 8 nitrogen and oxygen atoms in total. The number of hydrogen-bond acceptors (Lipinski definition) is 6. The molecule has 44 heavy (non-hydrogen) atoms. The van der Waals surface area contributed by atoms with E-state index < -0.39 is 53.8 Å². The summed E-state index contributed by atoms with van der Waals surface area (Å²) >= 11 is 6.34. The zero-order valence-corrected chi connectivity index (χ0v) is 23.2. The molecule has 0 aliphatic carbocycles. The fourth-order valence-corrected chi connectivity index (χ4v) is 5.28. The number of carbonyl (C=O) groups is 2. The van der Waals surface area contributed by atoms with Gasteiger partial charge in [0.15, 0.2) is 6.61 Å². The number of alkyl halides is 6. The molecule has 0 unspecified atom stereocenters. The molecule has 4 aromatic rings. The minimum Gasteiger partial charge on any atom is -0.468 e. The highest BCUT2D eigenvalue weighted by molar-refractivity contribution is 6.35. The average molecular weight is 638 g/mol. The summed E-state index contributed by atoms with van der Waals surface area (Å²) in [6.45, 7) is -1.59. The maximum Gasteiger partial charge on any atom is 0.422 e. The van der Waals surface area contributed by atoms with E-state index in [0.717, 1.165) is 5.56 Å². The molecule has 2 aromatic heterocycles.